The van der Waals surface area contributed by atoms with Gasteiger partial charge >= 0.3 is 11.9 Å². The molecule has 0 aromatic heterocycles. The number of hydrogen-bond donors (Lipinski definition) is 6. The fraction of sp³-hybridized carbons (Fsp3) is 0.833. The third-order valence-corrected chi connectivity index (χ3v) is 22.3. The Bertz CT molecular complexity index is 2620. The van der Waals surface area contributed by atoms with E-state index >= 15 is 0 Å². The van der Waals surface area contributed by atoms with Gasteiger partial charge in [-0.2, -0.15) is 0 Å². The third kappa shape index (κ3) is 13.9. The highest BCUT2D eigenvalue weighted by Gasteiger charge is 2.76. The van der Waals surface area contributed by atoms with Crippen LogP contribution in [0.2, 0.25) is 0 Å². The number of carbonyl (C=O) groups excluding carboxylic acids is 3. The van der Waals surface area contributed by atoms with Gasteiger partial charge in [-0.3, -0.25) is 9.59 Å². The predicted octanol–water partition coefficient (Wildman–Crippen LogP) is 3.42. The van der Waals surface area contributed by atoms with Crippen LogP contribution in [-0.2, 0) is 90.2 Å². The number of aliphatic hydroxyl groups excluding tert-OH is 5. The Labute approximate surface area is 533 Å². The molecule has 25 heteroatoms. The van der Waals surface area contributed by atoms with Crippen molar-refractivity contribution >= 4 is 23.8 Å². The van der Waals surface area contributed by atoms with Crippen molar-refractivity contribution in [3.8, 4) is 0 Å². The maximum Gasteiger partial charge on any atom is 0.331 e. The van der Waals surface area contributed by atoms with Gasteiger partial charge in [-0.05, 0) is 108 Å². The Balaban J connectivity index is 0.734. The molecule has 6 N–H and O–H groups in total. The molecule has 5 saturated heterocycles. The van der Waals surface area contributed by atoms with E-state index in [0.29, 0.717) is 51.4 Å². The number of rotatable bonds is 20. The first-order valence-corrected chi connectivity index (χ1v) is 32.6. The molecule has 32 atom stereocenters. The molecule has 5 heterocycles. The third-order valence-electron chi connectivity index (χ3n) is 22.3. The molecule has 1 aromatic rings. The van der Waals surface area contributed by atoms with Crippen molar-refractivity contribution in [1.29, 1.82) is 0 Å². The van der Waals surface area contributed by atoms with Crippen molar-refractivity contribution in [1.82, 2.24) is 0 Å². The van der Waals surface area contributed by atoms with E-state index < -0.39 is 194 Å². The molecule has 91 heavy (non-hydrogen) atoms. The number of benzene rings is 1. The number of methoxy groups -OCH3 is 4. The summed E-state index contributed by atoms with van der Waals surface area (Å²) in [6.07, 6.45) is -14.7. The molecule has 0 amide bonds. The summed E-state index contributed by atoms with van der Waals surface area (Å²) < 4.78 is 101. The molecule has 0 spiro atoms. The van der Waals surface area contributed by atoms with Crippen LogP contribution in [0.25, 0.3) is 6.08 Å². The standard InChI is InChI=1S/C66H100O25/c1-31(68)40-23-25-66(75)41-20-19-38-26-39(22-24-64(38,7)50(41)59(84-36(6)69)61(65(40,66)8)87-46(70)21-18-37-16-14-13-15-17-37)85-47-27-42(76-9)55(32(2)80-47)88-48-28-43(77-10)56(33(3)81-48)89-49-29-44(78-11)57(34(4)82-49)90-63-54(74)60(79-12)58(35(5)83-63)91-62-53(73)52(72)51(71)45(30-67)86-62/h13-18,21,32-35,38-45,47-63,67,71-75H,19-20,22-30H2,1-12H3/b21-18+/t32?,33?,34?,35?,38?,39-,40?,41?,42?,43?,44?,45?,47?,48?,49?,50?,51?,52?,53?,54?,55?,56?,57?,58?,59-,60?,61+,62?,63?,64-,65-,66-/m1/s1. The summed E-state index contributed by atoms with van der Waals surface area (Å²) >= 11 is 0. The number of fused-ring (bicyclic) bond motifs is 5. The number of esters is 2. The molecule has 4 aliphatic carbocycles. The maximum absolute atomic E-state index is 13.9. The summed E-state index contributed by atoms with van der Waals surface area (Å²) in [5, 5.41) is 65.8. The first-order chi connectivity index (χ1) is 43.3. The fourth-order valence-electron chi connectivity index (χ4n) is 17.5. The second-order valence-corrected chi connectivity index (χ2v) is 27.4. The number of Topliss-reactive ketones (excluding diaryl/α,β-unsaturated/α-hetero) is 1. The van der Waals surface area contributed by atoms with Crippen molar-refractivity contribution in [3.05, 3.63) is 42.0 Å². The zero-order valence-corrected chi connectivity index (χ0v) is 54.5. The highest BCUT2D eigenvalue weighted by molar-refractivity contribution is 5.87. The molecular formula is C66H100O25. The Hall–Kier alpha value is -3.23. The van der Waals surface area contributed by atoms with Crippen LogP contribution in [0.15, 0.2) is 36.4 Å². The van der Waals surface area contributed by atoms with Gasteiger partial charge in [-0.25, -0.2) is 4.79 Å². The van der Waals surface area contributed by atoms with Crippen LogP contribution in [0.3, 0.4) is 0 Å². The first-order valence-electron chi connectivity index (χ1n) is 32.6. The lowest BCUT2D eigenvalue weighted by atomic mass is 9.41. The van der Waals surface area contributed by atoms with Crippen LogP contribution in [0, 0.1) is 34.5 Å². The largest absolute Gasteiger partial charge is 0.458 e. The van der Waals surface area contributed by atoms with E-state index in [0.717, 1.165) is 12.0 Å². The maximum atomic E-state index is 13.9. The summed E-state index contributed by atoms with van der Waals surface area (Å²) in [7, 11) is 6.14. The number of carbonyl (C=O) groups is 3. The Morgan fingerprint density at radius 2 is 1.13 bits per heavy atom. The highest BCUT2D eigenvalue weighted by Crippen LogP contribution is 2.70. The zero-order valence-electron chi connectivity index (χ0n) is 54.5. The van der Waals surface area contributed by atoms with Gasteiger partial charge in [0.15, 0.2) is 31.5 Å². The smallest absolute Gasteiger partial charge is 0.331 e. The molecule has 514 valence electrons. The van der Waals surface area contributed by atoms with Gasteiger partial charge in [0.1, 0.15) is 79.0 Å². The fourth-order valence-corrected chi connectivity index (χ4v) is 17.5. The quantitative estimate of drug-likeness (QED) is 0.0619. The van der Waals surface area contributed by atoms with E-state index in [-0.39, 0.29) is 30.1 Å². The summed E-state index contributed by atoms with van der Waals surface area (Å²) in [4.78, 5) is 40.7. The van der Waals surface area contributed by atoms with Gasteiger partial charge in [0, 0.05) is 78.0 Å². The highest BCUT2D eigenvalue weighted by atomic mass is 16.8. The number of hydrogen-bond acceptors (Lipinski definition) is 25. The van der Waals surface area contributed by atoms with Crippen LogP contribution < -0.4 is 0 Å². The first kappa shape index (κ1) is 70.6. The minimum Gasteiger partial charge on any atom is -0.458 e. The second kappa shape index (κ2) is 29.2. The predicted molar refractivity (Wildman–Crippen MR) is 318 cm³/mol. The Morgan fingerprint density at radius 3 is 1.68 bits per heavy atom. The topological polar surface area (TPSA) is 320 Å². The average Bonchev–Trinajstić information content (AvgIpc) is 1.64. The number of aliphatic hydroxyl groups is 6. The van der Waals surface area contributed by atoms with Gasteiger partial charge in [0.2, 0.25) is 0 Å². The van der Waals surface area contributed by atoms with Gasteiger partial charge in [-0.1, -0.05) is 44.2 Å². The van der Waals surface area contributed by atoms with Gasteiger partial charge < -0.3 is 106 Å². The molecule has 0 bridgehead atoms. The average molecular weight is 1290 g/mol. The van der Waals surface area contributed by atoms with Crippen molar-refractivity contribution in [3.63, 3.8) is 0 Å². The van der Waals surface area contributed by atoms with Gasteiger partial charge in [0.05, 0.1) is 61.0 Å². The molecule has 10 rings (SSSR count). The van der Waals surface area contributed by atoms with E-state index in [9.17, 15) is 45.0 Å². The van der Waals surface area contributed by atoms with Crippen LogP contribution in [0.5, 0.6) is 0 Å². The zero-order chi connectivity index (χ0) is 65.6. The summed E-state index contributed by atoms with van der Waals surface area (Å²) in [5.41, 5.74) is -2.28. The minimum atomic E-state index is -1.68. The van der Waals surface area contributed by atoms with E-state index in [2.05, 4.69) is 6.92 Å². The normalized spacial score (nSPS) is 48.4. The number of ketones is 1. The molecule has 5 aliphatic heterocycles. The van der Waals surface area contributed by atoms with Crippen molar-refractivity contribution in [2.24, 2.45) is 34.5 Å². The molecule has 1 aromatic carbocycles. The Morgan fingerprint density at radius 1 is 0.582 bits per heavy atom. The molecule has 26 unspecified atom stereocenters. The minimum absolute atomic E-state index is 0.0860. The van der Waals surface area contributed by atoms with E-state index in [4.69, 9.17) is 75.8 Å². The molecular weight excluding hydrogens is 1190 g/mol. The molecule has 9 fully saturated rings. The van der Waals surface area contributed by atoms with Crippen molar-refractivity contribution in [2.75, 3.05) is 35.0 Å². The van der Waals surface area contributed by atoms with Crippen LogP contribution >= 0.6 is 0 Å². The molecule has 0 radical (unpaired) electrons. The summed E-state index contributed by atoms with van der Waals surface area (Å²) in [6.45, 7) is 13.6. The lowest BCUT2D eigenvalue weighted by Gasteiger charge is -2.66. The van der Waals surface area contributed by atoms with Crippen LogP contribution in [0.1, 0.15) is 125 Å². The van der Waals surface area contributed by atoms with Crippen molar-refractivity contribution in [2.45, 2.75) is 279 Å². The molecule has 9 aliphatic rings. The summed E-state index contributed by atoms with van der Waals surface area (Å²) in [6, 6.07) is 9.35. The van der Waals surface area contributed by atoms with Crippen LogP contribution in [-0.4, -0.2) is 243 Å². The lowest BCUT2D eigenvalue weighted by molar-refractivity contribution is -0.374. The van der Waals surface area contributed by atoms with E-state index in [1.807, 2.05) is 51.1 Å². The van der Waals surface area contributed by atoms with Crippen molar-refractivity contribution < 1.29 is 121 Å². The monoisotopic (exact) mass is 1290 g/mol. The van der Waals surface area contributed by atoms with Gasteiger partial charge in [-0.15, -0.1) is 0 Å². The number of ether oxygens (including phenoxy) is 16. The molecule has 4 saturated carbocycles. The second-order valence-electron chi connectivity index (χ2n) is 27.4. The lowest BCUT2D eigenvalue weighted by Crippen LogP contribution is -2.73. The van der Waals surface area contributed by atoms with E-state index in [1.165, 1.54) is 34.1 Å². The SMILES string of the molecule is COC1CC(O[C@@H]2CC[C@]3(C)C(CCC4C3[C@@H](OC(C)=O)[C@H](OC(=O)/C=C/c3ccccc3)[C@@]3(C)C(C(C)=O)CC[C@@]43O)C2)OC(C)C1OC1CC(OC)C(OC2CC(OC)C(OC3OC(C)C(OC4OC(CO)C(O)C(O)C4O)C(OC)C3O)C(C)O2)C(C)O1. The summed E-state index contributed by atoms with van der Waals surface area (Å²) in [5.74, 6) is -2.54. The van der Waals surface area contributed by atoms with E-state index in [1.54, 1.807) is 34.1 Å². The van der Waals surface area contributed by atoms with Crippen LogP contribution in [0.4, 0.5) is 0 Å². The molecule has 25 nitrogen and oxygen atoms in total. The Kier molecular flexibility index (Phi) is 22.7. The van der Waals surface area contributed by atoms with Gasteiger partial charge in [0.25, 0.3) is 0 Å².